The molecule has 0 spiro atoms. The summed E-state index contributed by atoms with van der Waals surface area (Å²) in [5.74, 6) is 0.170. The van der Waals surface area contributed by atoms with Crippen molar-refractivity contribution in [2.75, 3.05) is 20.3 Å². The van der Waals surface area contributed by atoms with Crippen molar-refractivity contribution in [3.05, 3.63) is 87.9 Å². The maximum Gasteiger partial charge on any atom is 0.311 e. The number of hydrogen-bond donors (Lipinski definition) is 1. The third kappa shape index (κ3) is 5.73. The Labute approximate surface area is 220 Å². The third-order valence-corrected chi connectivity index (χ3v) is 7.11. The van der Waals surface area contributed by atoms with Crippen LogP contribution in [0, 0.1) is 0 Å². The van der Waals surface area contributed by atoms with Gasteiger partial charge in [-0.25, -0.2) is 5.06 Å². The minimum Gasteiger partial charge on any atom is -0.493 e. The maximum absolute atomic E-state index is 13.0. The number of amides is 1. The third-order valence-electron chi connectivity index (χ3n) is 6.81. The van der Waals surface area contributed by atoms with Crippen molar-refractivity contribution in [3.8, 4) is 17.2 Å². The van der Waals surface area contributed by atoms with E-state index in [1.165, 1.54) is 30.6 Å². The molecular weight excluding hydrogens is 494 g/mol. The Morgan fingerprint density at radius 2 is 1.78 bits per heavy atom. The van der Waals surface area contributed by atoms with Crippen molar-refractivity contribution in [2.45, 2.75) is 37.5 Å². The highest BCUT2D eigenvalue weighted by Gasteiger charge is 2.29. The first kappa shape index (κ1) is 25.1. The fourth-order valence-electron chi connectivity index (χ4n) is 4.54. The quantitative estimate of drug-likeness (QED) is 0.337. The van der Waals surface area contributed by atoms with E-state index in [1.807, 2.05) is 0 Å². The number of hydroxylamine groups is 2. The molecule has 2 aliphatic rings. The zero-order chi connectivity index (χ0) is 25.9. The highest BCUT2D eigenvalue weighted by molar-refractivity contribution is 6.32. The summed E-state index contributed by atoms with van der Waals surface area (Å²) in [5.41, 5.74) is 3.54. The Hall–Kier alpha value is -3.55. The van der Waals surface area contributed by atoms with E-state index in [4.69, 9.17) is 25.9 Å². The van der Waals surface area contributed by atoms with E-state index in [0.717, 1.165) is 11.5 Å². The van der Waals surface area contributed by atoms with Crippen LogP contribution in [0.2, 0.25) is 5.02 Å². The lowest BCUT2D eigenvalue weighted by molar-refractivity contribution is -0.139. The maximum atomic E-state index is 13.0. The molecule has 1 aliphatic carbocycles. The van der Waals surface area contributed by atoms with E-state index in [1.54, 1.807) is 36.4 Å². The van der Waals surface area contributed by atoms with Gasteiger partial charge in [0.2, 0.25) is 0 Å². The van der Waals surface area contributed by atoms with Gasteiger partial charge in [0.15, 0.2) is 0 Å². The van der Waals surface area contributed by atoms with Crippen LogP contribution in [0.3, 0.4) is 0 Å². The lowest BCUT2D eigenvalue weighted by Crippen LogP contribution is -2.31. The fraction of sp³-hybridized carbons (Fsp3) is 0.310. The summed E-state index contributed by atoms with van der Waals surface area (Å²) >= 11 is 6.38. The number of carboxylic acid groups (broad SMARTS) is 1. The number of benzene rings is 3. The molecule has 8 heteroatoms. The number of ether oxygens (including phenoxy) is 2. The lowest BCUT2D eigenvalue weighted by atomic mass is 9.93. The van der Waals surface area contributed by atoms with Gasteiger partial charge in [0.25, 0.3) is 5.91 Å². The first-order valence-corrected chi connectivity index (χ1v) is 12.7. The topological polar surface area (TPSA) is 85.3 Å². The second-order valence-corrected chi connectivity index (χ2v) is 9.74. The summed E-state index contributed by atoms with van der Waals surface area (Å²) in [6, 6.07) is 18.5. The summed E-state index contributed by atoms with van der Waals surface area (Å²) in [6.07, 6.45) is 3.63. The fourth-order valence-corrected chi connectivity index (χ4v) is 4.75. The highest BCUT2D eigenvalue weighted by atomic mass is 35.5. The van der Waals surface area contributed by atoms with Gasteiger partial charge in [0, 0.05) is 17.2 Å². The Morgan fingerprint density at radius 3 is 2.43 bits per heavy atom. The molecule has 0 radical (unpaired) electrons. The molecule has 0 bridgehead atoms. The predicted octanol–water partition coefficient (Wildman–Crippen LogP) is 6.21. The van der Waals surface area contributed by atoms with Crippen LogP contribution >= 0.6 is 11.6 Å². The van der Waals surface area contributed by atoms with Crippen LogP contribution in [0.15, 0.2) is 60.7 Å². The number of rotatable bonds is 9. The molecule has 1 N–H and O–H groups in total. The number of carboxylic acids is 1. The van der Waals surface area contributed by atoms with Gasteiger partial charge < -0.3 is 14.6 Å². The monoisotopic (exact) mass is 521 g/mol. The minimum absolute atomic E-state index is 0.247. The second kappa shape index (κ2) is 10.8. The summed E-state index contributed by atoms with van der Waals surface area (Å²) in [4.78, 5) is 29.9. The Balaban J connectivity index is 1.22. The average Bonchev–Trinajstić information content (AvgIpc) is 3.75. The summed E-state index contributed by atoms with van der Waals surface area (Å²) in [7, 11) is 1.49. The van der Waals surface area contributed by atoms with Crippen LogP contribution in [-0.2, 0) is 16.1 Å². The van der Waals surface area contributed by atoms with Crippen molar-refractivity contribution in [3.63, 3.8) is 0 Å². The summed E-state index contributed by atoms with van der Waals surface area (Å²) in [5, 5.41) is 11.1. The number of hydrogen-bond acceptors (Lipinski definition) is 5. The molecule has 0 saturated heterocycles. The van der Waals surface area contributed by atoms with Gasteiger partial charge in [-0.05, 0) is 73.1 Å². The van der Waals surface area contributed by atoms with E-state index >= 15 is 0 Å². The SMILES string of the molecule is CON(CCc1ccc(C2CC2)cc1)C(=O)c1ccc(Oc2cc3c(cc2Cl)C(C(=O)O)CCO3)cc1. The van der Waals surface area contributed by atoms with Gasteiger partial charge >= 0.3 is 5.97 Å². The van der Waals surface area contributed by atoms with Gasteiger partial charge in [-0.15, -0.1) is 0 Å². The Bertz CT molecular complexity index is 1290. The average molecular weight is 522 g/mol. The van der Waals surface area contributed by atoms with Gasteiger partial charge in [0.1, 0.15) is 17.2 Å². The van der Waals surface area contributed by atoms with Crippen LogP contribution in [0.25, 0.3) is 0 Å². The number of carbonyl (C=O) groups is 2. The van der Waals surface area contributed by atoms with Crippen molar-refractivity contribution >= 4 is 23.5 Å². The molecule has 1 fully saturated rings. The summed E-state index contributed by atoms with van der Waals surface area (Å²) in [6.45, 7) is 0.738. The largest absolute Gasteiger partial charge is 0.493 e. The van der Waals surface area contributed by atoms with Crippen LogP contribution in [0.4, 0.5) is 0 Å². The molecule has 3 aromatic rings. The normalized spacial score (nSPS) is 16.4. The van der Waals surface area contributed by atoms with Crippen LogP contribution in [0.1, 0.15) is 58.1 Å². The van der Waals surface area contributed by atoms with Gasteiger partial charge in [-0.2, -0.15) is 0 Å². The van der Waals surface area contributed by atoms with E-state index in [0.29, 0.717) is 54.4 Å². The highest BCUT2D eigenvalue weighted by Crippen LogP contribution is 2.42. The summed E-state index contributed by atoms with van der Waals surface area (Å²) < 4.78 is 11.5. The van der Waals surface area contributed by atoms with E-state index in [-0.39, 0.29) is 10.9 Å². The first-order valence-electron chi connectivity index (χ1n) is 12.3. The Kier molecular flexibility index (Phi) is 7.35. The molecule has 192 valence electrons. The zero-order valence-corrected chi connectivity index (χ0v) is 21.2. The molecule has 1 heterocycles. The van der Waals surface area contributed by atoms with Crippen LogP contribution in [0.5, 0.6) is 17.2 Å². The van der Waals surface area contributed by atoms with E-state index in [9.17, 15) is 14.7 Å². The van der Waals surface area contributed by atoms with Crippen molar-refractivity contribution in [1.29, 1.82) is 0 Å². The number of carbonyl (C=O) groups excluding carboxylic acids is 1. The van der Waals surface area contributed by atoms with Crippen molar-refractivity contribution < 1.29 is 29.0 Å². The molecular formula is C29H28ClNO6. The molecule has 1 saturated carbocycles. The van der Waals surface area contributed by atoms with Crippen molar-refractivity contribution in [1.82, 2.24) is 5.06 Å². The molecule has 7 nitrogen and oxygen atoms in total. The standard InChI is InChI=1S/C29H28ClNO6/c1-35-31(14-12-18-2-4-19(5-3-18)20-6-7-20)28(32)21-8-10-22(11-9-21)37-27-17-26-24(16-25(27)30)23(29(33)34)13-15-36-26/h2-5,8-11,16-17,20,23H,6-7,12-15H2,1H3,(H,33,34). The van der Waals surface area contributed by atoms with E-state index in [2.05, 4.69) is 24.3 Å². The molecule has 1 unspecified atom stereocenters. The van der Waals surface area contributed by atoms with Gasteiger partial charge in [0.05, 0.1) is 31.2 Å². The number of fused-ring (bicyclic) bond motifs is 1. The molecule has 1 amide bonds. The Morgan fingerprint density at radius 1 is 1.05 bits per heavy atom. The molecule has 0 aromatic heterocycles. The lowest BCUT2D eigenvalue weighted by Gasteiger charge is -2.24. The molecule has 5 rings (SSSR count). The molecule has 1 aliphatic heterocycles. The smallest absolute Gasteiger partial charge is 0.311 e. The number of nitrogens with zero attached hydrogens (tertiary/aromatic N) is 1. The first-order chi connectivity index (χ1) is 17.9. The van der Waals surface area contributed by atoms with Gasteiger partial charge in [-0.3, -0.25) is 14.4 Å². The second-order valence-electron chi connectivity index (χ2n) is 9.33. The van der Waals surface area contributed by atoms with Crippen LogP contribution in [-0.4, -0.2) is 42.3 Å². The predicted molar refractivity (Wildman–Crippen MR) is 139 cm³/mol. The van der Waals surface area contributed by atoms with Crippen LogP contribution < -0.4 is 9.47 Å². The number of halogens is 1. The molecule has 37 heavy (non-hydrogen) atoms. The molecule has 3 aromatic carbocycles. The zero-order valence-electron chi connectivity index (χ0n) is 20.5. The minimum atomic E-state index is -0.911. The molecule has 1 atom stereocenters. The van der Waals surface area contributed by atoms with Crippen molar-refractivity contribution in [2.24, 2.45) is 0 Å². The van der Waals surface area contributed by atoms with Gasteiger partial charge in [-0.1, -0.05) is 35.9 Å². The number of aliphatic carboxylic acids is 1. The van der Waals surface area contributed by atoms with E-state index < -0.39 is 11.9 Å².